The van der Waals surface area contributed by atoms with Gasteiger partial charge in [0.1, 0.15) is 5.82 Å². The fraction of sp³-hybridized carbons (Fsp3) is 0.400. The van der Waals surface area contributed by atoms with Gasteiger partial charge in [0, 0.05) is 35.2 Å². The number of benzene rings is 1. The van der Waals surface area contributed by atoms with Crippen LogP contribution >= 0.6 is 15.9 Å². The molecule has 108 valence electrons. The van der Waals surface area contributed by atoms with Gasteiger partial charge in [-0.1, -0.05) is 22.9 Å². The van der Waals surface area contributed by atoms with E-state index in [4.69, 9.17) is 0 Å². The van der Waals surface area contributed by atoms with Crippen molar-refractivity contribution >= 4 is 15.9 Å². The third kappa shape index (κ3) is 3.46. The average Bonchev–Trinajstić information content (AvgIpc) is 2.70. The predicted molar refractivity (Wildman–Crippen MR) is 82.2 cm³/mol. The molecule has 1 N–H and O–H groups in total. The van der Waals surface area contributed by atoms with Gasteiger partial charge in [0.2, 0.25) is 0 Å². The zero-order chi connectivity index (χ0) is 14.7. The van der Waals surface area contributed by atoms with E-state index in [1.807, 2.05) is 37.7 Å². The molecule has 0 fully saturated rings. The minimum atomic E-state index is -0.182. The molecule has 20 heavy (non-hydrogen) atoms. The molecule has 2 rings (SSSR count). The molecule has 1 heterocycles. The summed E-state index contributed by atoms with van der Waals surface area (Å²) in [5.41, 5.74) is 2.75. The summed E-state index contributed by atoms with van der Waals surface area (Å²) in [7, 11) is 1.92. The topological polar surface area (TPSA) is 29.9 Å². The number of hydrogen-bond acceptors (Lipinski definition) is 2. The smallest absolute Gasteiger partial charge is 0.128 e. The van der Waals surface area contributed by atoms with Gasteiger partial charge in [-0.05, 0) is 37.7 Å². The number of hydrogen-bond donors (Lipinski definition) is 1. The first-order valence-electron chi connectivity index (χ1n) is 6.69. The van der Waals surface area contributed by atoms with Crippen LogP contribution in [0.2, 0.25) is 0 Å². The molecule has 2 aromatic rings. The molecule has 3 nitrogen and oxygen atoms in total. The molecule has 0 amide bonds. The number of nitrogens with zero attached hydrogens (tertiary/aromatic N) is 2. The van der Waals surface area contributed by atoms with Gasteiger partial charge in [-0.2, -0.15) is 5.10 Å². The van der Waals surface area contributed by atoms with Crippen molar-refractivity contribution in [1.82, 2.24) is 15.1 Å². The highest BCUT2D eigenvalue weighted by Crippen LogP contribution is 2.25. The van der Waals surface area contributed by atoms with Crippen molar-refractivity contribution in [2.45, 2.75) is 26.3 Å². The van der Waals surface area contributed by atoms with Gasteiger partial charge in [0.25, 0.3) is 0 Å². The normalized spacial score (nSPS) is 12.7. The van der Waals surface area contributed by atoms with E-state index in [9.17, 15) is 4.39 Å². The van der Waals surface area contributed by atoms with E-state index >= 15 is 0 Å². The lowest BCUT2D eigenvalue weighted by atomic mass is 10.0. The zero-order valence-electron chi connectivity index (χ0n) is 12.0. The number of halogens is 2. The lowest BCUT2D eigenvalue weighted by Gasteiger charge is -2.19. The number of likely N-dealkylation sites (N-methyl/N-ethyl adjacent to an activating group) is 1. The molecule has 1 unspecified atom stereocenters. The largest absolute Gasteiger partial charge is 0.310 e. The molecular formula is C15H19BrFN3. The Balaban J connectivity index is 2.31. The third-order valence-corrected chi connectivity index (χ3v) is 3.79. The van der Waals surface area contributed by atoms with Crippen LogP contribution in [0.5, 0.6) is 0 Å². The SMILES string of the molecule is CCNC(Cc1cc(C)nn1C)c1cc(Br)ccc1F. The standard InChI is InChI=1S/C15H19BrFN3/c1-4-18-15(9-12-7-10(2)19-20(12)3)13-8-11(16)5-6-14(13)17/h5-8,15,18H,4,9H2,1-3H3. The molecule has 1 atom stereocenters. The lowest BCUT2D eigenvalue weighted by Crippen LogP contribution is -2.24. The van der Waals surface area contributed by atoms with Crippen LogP contribution in [0.3, 0.4) is 0 Å². The summed E-state index contributed by atoms with van der Waals surface area (Å²) < 4.78 is 16.8. The Hall–Kier alpha value is -1.20. The maximum absolute atomic E-state index is 14.1. The minimum absolute atomic E-state index is 0.0627. The van der Waals surface area contributed by atoms with E-state index < -0.39 is 0 Å². The van der Waals surface area contributed by atoms with E-state index in [1.165, 1.54) is 6.07 Å². The maximum Gasteiger partial charge on any atom is 0.128 e. The van der Waals surface area contributed by atoms with Crippen molar-refractivity contribution in [2.75, 3.05) is 6.54 Å². The van der Waals surface area contributed by atoms with E-state index in [0.29, 0.717) is 12.0 Å². The monoisotopic (exact) mass is 339 g/mol. The highest BCUT2D eigenvalue weighted by Gasteiger charge is 2.17. The molecule has 0 saturated carbocycles. The molecule has 0 spiro atoms. The van der Waals surface area contributed by atoms with Crippen LogP contribution in [0.15, 0.2) is 28.7 Å². The Morgan fingerprint density at radius 3 is 2.75 bits per heavy atom. The Kier molecular flexibility index (Phi) is 4.94. The van der Waals surface area contributed by atoms with Crippen LogP contribution in [-0.2, 0) is 13.5 Å². The van der Waals surface area contributed by atoms with Crippen LogP contribution in [0.1, 0.15) is 29.9 Å². The van der Waals surface area contributed by atoms with Crippen LogP contribution in [0.4, 0.5) is 4.39 Å². The van der Waals surface area contributed by atoms with Crippen molar-refractivity contribution < 1.29 is 4.39 Å². The summed E-state index contributed by atoms with van der Waals surface area (Å²) in [4.78, 5) is 0. The summed E-state index contributed by atoms with van der Waals surface area (Å²) in [6.45, 7) is 4.77. The lowest BCUT2D eigenvalue weighted by molar-refractivity contribution is 0.496. The first-order chi connectivity index (χ1) is 9.51. The molecule has 0 saturated heterocycles. The van der Waals surface area contributed by atoms with Gasteiger partial charge >= 0.3 is 0 Å². The average molecular weight is 340 g/mol. The Bertz CT molecular complexity index is 595. The first-order valence-corrected chi connectivity index (χ1v) is 7.48. The second-order valence-electron chi connectivity index (χ2n) is 4.88. The van der Waals surface area contributed by atoms with Gasteiger partial charge in [-0.15, -0.1) is 0 Å². The van der Waals surface area contributed by atoms with Crippen LogP contribution in [0, 0.1) is 12.7 Å². The quantitative estimate of drug-likeness (QED) is 0.903. The second kappa shape index (κ2) is 6.50. The van der Waals surface area contributed by atoms with Crippen molar-refractivity contribution in [1.29, 1.82) is 0 Å². The minimum Gasteiger partial charge on any atom is -0.310 e. The highest BCUT2D eigenvalue weighted by atomic mass is 79.9. The van der Waals surface area contributed by atoms with E-state index in [1.54, 1.807) is 6.07 Å². The molecule has 0 radical (unpaired) electrons. The maximum atomic E-state index is 14.1. The fourth-order valence-electron chi connectivity index (χ4n) is 2.38. The van der Waals surface area contributed by atoms with Crippen LogP contribution in [-0.4, -0.2) is 16.3 Å². The molecule has 1 aromatic carbocycles. The summed E-state index contributed by atoms with van der Waals surface area (Å²) >= 11 is 3.41. The summed E-state index contributed by atoms with van der Waals surface area (Å²) in [5, 5.41) is 7.69. The molecular weight excluding hydrogens is 321 g/mol. The number of aryl methyl sites for hydroxylation is 2. The van der Waals surface area contributed by atoms with Crippen LogP contribution in [0.25, 0.3) is 0 Å². The molecule has 5 heteroatoms. The molecule has 1 aromatic heterocycles. The van der Waals surface area contributed by atoms with Gasteiger partial charge in [-0.25, -0.2) is 4.39 Å². The third-order valence-electron chi connectivity index (χ3n) is 3.30. The van der Waals surface area contributed by atoms with Crippen molar-refractivity contribution in [3.8, 4) is 0 Å². The zero-order valence-corrected chi connectivity index (χ0v) is 13.5. The van der Waals surface area contributed by atoms with E-state index in [0.717, 1.165) is 22.4 Å². The number of rotatable bonds is 5. The van der Waals surface area contributed by atoms with Gasteiger partial charge in [-0.3, -0.25) is 4.68 Å². The Morgan fingerprint density at radius 1 is 1.40 bits per heavy atom. The second-order valence-corrected chi connectivity index (χ2v) is 5.80. The molecule has 0 aliphatic rings. The van der Waals surface area contributed by atoms with Gasteiger partial charge in [0.15, 0.2) is 0 Å². The summed E-state index contributed by atoms with van der Waals surface area (Å²) in [6, 6.07) is 7.03. The molecule has 0 aliphatic carbocycles. The van der Waals surface area contributed by atoms with E-state index in [-0.39, 0.29) is 11.9 Å². The summed E-state index contributed by atoms with van der Waals surface area (Å²) in [5.74, 6) is -0.182. The molecule has 0 aliphatic heterocycles. The number of aromatic nitrogens is 2. The Morgan fingerprint density at radius 2 is 2.15 bits per heavy atom. The Labute approximate surface area is 127 Å². The van der Waals surface area contributed by atoms with E-state index in [2.05, 4.69) is 26.3 Å². The predicted octanol–water partition coefficient (Wildman–Crippen LogP) is 3.52. The van der Waals surface area contributed by atoms with Crippen LogP contribution < -0.4 is 5.32 Å². The van der Waals surface area contributed by atoms with Gasteiger partial charge in [0.05, 0.1) is 5.69 Å². The van der Waals surface area contributed by atoms with Crippen molar-refractivity contribution in [3.05, 3.63) is 51.5 Å². The highest BCUT2D eigenvalue weighted by molar-refractivity contribution is 9.10. The number of nitrogens with one attached hydrogen (secondary N) is 1. The van der Waals surface area contributed by atoms with Crippen molar-refractivity contribution in [2.24, 2.45) is 7.05 Å². The fourth-order valence-corrected chi connectivity index (χ4v) is 2.76. The molecule has 0 bridgehead atoms. The van der Waals surface area contributed by atoms with Gasteiger partial charge < -0.3 is 5.32 Å². The summed E-state index contributed by atoms with van der Waals surface area (Å²) in [6.07, 6.45) is 0.707. The van der Waals surface area contributed by atoms with Crippen molar-refractivity contribution in [3.63, 3.8) is 0 Å². The first kappa shape index (κ1) is 15.2.